The van der Waals surface area contributed by atoms with Crippen molar-refractivity contribution < 1.29 is 9.59 Å². The van der Waals surface area contributed by atoms with Crippen LogP contribution < -0.4 is 0 Å². The zero-order valence-electron chi connectivity index (χ0n) is 14.9. The molecule has 2 nitrogen and oxygen atoms in total. The van der Waals surface area contributed by atoms with E-state index < -0.39 is 0 Å². The zero-order valence-corrected chi connectivity index (χ0v) is 14.9. The average Bonchev–Trinajstić information content (AvgIpc) is 2.41. The molecule has 1 rings (SSSR count). The van der Waals surface area contributed by atoms with Crippen LogP contribution in [0.2, 0.25) is 0 Å². The van der Waals surface area contributed by atoms with Gasteiger partial charge < -0.3 is 0 Å². The van der Waals surface area contributed by atoms with Crippen molar-refractivity contribution in [3.63, 3.8) is 0 Å². The Balaban J connectivity index is 2.87. The molecule has 1 aliphatic rings. The molecule has 0 aromatic heterocycles. The van der Waals surface area contributed by atoms with Crippen molar-refractivity contribution in [3.8, 4) is 0 Å². The van der Waals surface area contributed by atoms with Crippen molar-refractivity contribution in [2.45, 2.75) is 73.1 Å². The molecule has 0 heterocycles. The van der Waals surface area contributed by atoms with Crippen LogP contribution in [0.4, 0.5) is 0 Å². The normalized spacial score (nSPS) is 32.5. The standard InChI is InChI=1S/C20H32O2/c1-15-7-6-8-17(3)19(22)10-12-20(4,5)11-9-16(2)14-18(21)13-15/h9-10,12,15,17H,6-8,11,13-14H2,1-5H3/b12-10+,16-9+/t15-,17-/m0/s1. The third-order valence-corrected chi connectivity index (χ3v) is 4.55. The van der Waals surface area contributed by atoms with Gasteiger partial charge in [-0.3, -0.25) is 9.59 Å². The van der Waals surface area contributed by atoms with Crippen molar-refractivity contribution in [1.29, 1.82) is 0 Å². The lowest BCUT2D eigenvalue weighted by molar-refractivity contribution is -0.119. The second-order valence-electron chi connectivity index (χ2n) is 7.84. The minimum Gasteiger partial charge on any atom is -0.299 e. The van der Waals surface area contributed by atoms with Gasteiger partial charge in [0.05, 0.1) is 0 Å². The minimum atomic E-state index is -0.0485. The zero-order chi connectivity index (χ0) is 16.8. The number of allylic oxidation sites excluding steroid dienone is 4. The second kappa shape index (κ2) is 8.45. The number of carbonyl (C=O) groups excluding carboxylic acids is 2. The molecule has 2 atom stereocenters. The molecule has 22 heavy (non-hydrogen) atoms. The molecule has 0 spiro atoms. The van der Waals surface area contributed by atoms with Crippen LogP contribution in [0.5, 0.6) is 0 Å². The van der Waals surface area contributed by atoms with Crippen LogP contribution in [0, 0.1) is 17.3 Å². The molecule has 0 aliphatic heterocycles. The SMILES string of the molecule is C/C1=C\CC(C)(C)/C=C/C(=O)[C@@H](C)CCC[C@H](C)CC(=O)C1. The van der Waals surface area contributed by atoms with Crippen LogP contribution in [0.15, 0.2) is 23.8 Å². The highest BCUT2D eigenvalue weighted by atomic mass is 16.1. The lowest BCUT2D eigenvalue weighted by Crippen LogP contribution is -2.11. The first kappa shape index (κ1) is 18.9. The highest BCUT2D eigenvalue weighted by Crippen LogP contribution is 2.26. The smallest absolute Gasteiger partial charge is 0.158 e. The van der Waals surface area contributed by atoms with Crippen molar-refractivity contribution >= 4 is 11.6 Å². The Morgan fingerprint density at radius 2 is 1.82 bits per heavy atom. The Morgan fingerprint density at radius 3 is 2.50 bits per heavy atom. The Bertz CT molecular complexity index is 454. The maximum atomic E-state index is 12.2. The summed E-state index contributed by atoms with van der Waals surface area (Å²) in [5.74, 6) is 1.07. The van der Waals surface area contributed by atoms with Gasteiger partial charge in [-0.15, -0.1) is 0 Å². The lowest BCUT2D eigenvalue weighted by atomic mass is 9.86. The van der Waals surface area contributed by atoms with Crippen molar-refractivity contribution in [2.75, 3.05) is 0 Å². The average molecular weight is 304 g/mol. The molecule has 0 radical (unpaired) electrons. The Hall–Kier alpha value is -1.18. The number of carbonyl (C=O) groups is 2. The number of Topliss-reactive ketones (excluding diaryl/α,β-unsaturated/α-hetero) is 1. The Labute approximate surface area is 136 Å². The molecule has 0 N–H and O–H groups in total. The highest BCUT2D eigenvalue weighted by molar-refractivity contribution is 5.91. The molecule has 0 amide bonds. The van der Waals surface area contributed by atoms with Crippen LogP contribution in [-0.2, 0) is 9.59 Å². The predicted octanol–water partition coefficient (Wildman–Crippen LogP) is 5.28. The molecule has 124 valence electrons. The van der Waals surface area contributed by atoms with Gasteiger partial charge >= 0.3 is 0 Å². The van der Waals surface area contributed by atoms with E-state index in [0.29, 0.717) is 24.5 Å². The summed E-state index contributed by atoms with van der Waals surface area (Å²) < 4.78 is 0. The van der Waals surface area contributed by atoms with Crippen LogP contribution >= 0.6 is 0 Å². The summed E-state index contributed by atoms with van der Waals surface area (Å²) in [5, 5.41) is 0. The van der Waals surface area contributed by atoms with Crippen molar-refractivity contribution in [1.82, 2.24) is 0 Å². The fraction of sp³-hybridized carbons (Fsp3) is 0.700. The van der Waals surface area contributed by atoms with E-state index in [4.69, 9.17) is 0 Å². The maximum absolute atomic E-state index is 12.2. The topological polar surface area (TPSA) is 34.1 Å². The number of rotatable bonds is 0. The third-order valence-electron chi connectivity index (χ3n) is 4.55. The molecule has 0 unspecified atom stereocenters. The van der Waals surface area contributed by atoms with Gasteiger partial charge in [0.15, 0.2) is 5.78 Å². The lowest BCUT2D eigenvalue weighted by Gasteiger charge is -2.18. The predicted molar refractivity (Wildman–Crippen MR) is 92.7 cm³/mol. The van der Waals surface area contributed by atoms with Gasteiger partial charge in [-0.1, -0.05) is 58.3 Å². The molecule has 1 aliphatic carbocycles. The van der Waals surface area contributed by atoms with Crippen LogP contribution in [0.3, 0.4) is 0 Å². The van der Waals surface area contributed by atoms with E-state index in [1.54, 1.807) is 6.08 Å². The summed E-state index contributed by atoms with van der Waals surface area (Å²) in [6, 6.07) is 0. The highest BCUT2D eigenvalue weighted by Gasteiger charge is 2.17. The van der Waals surface area contributed by atoms with Crippen LogP contribution in [0.1, 0.15) is 73.1 Å². The van der Waals surface area contributed by atoms with Crippen molar-refractivity contribution in [2.24, 2.45) is 17.3 Å². The molecule has 0 bridgehead atoms. The van der Waals surface area contributed by atoms with Crippen LogP contribution in [0.25, 0.3) is 0 Å². The number of hydrogen-bond acceptors (Lipinski definition) is 2. The van der Waals surface area contributed by atoms with E-state index in [9.17, 15) is 9.59 Å². The third kappa shape index (κ3) is 7.20. The molecular formula is C20H32O2. The first-order chi connectivity index (χ1) is 10.2. The van der Waals surface area contributed by atoms with Gasteiger partial charge in [0.1, 0.15) is 5.78 Å². The quantitative estimate of drug-likeness (QED) is 0.571. The van der Waals surface area contributed by atoms with E-state index in [2.05, 4.69) is 26.8 Å². The summed E-state index contributed by atoms with van der Waals surface area (Å²) >= 11 is 0. The molecule has 2 heteroatoms. The monoisotopic (exact) mass is 304 g/mol. The molecule has 0 saturated carbocycles. The first-order valence-electron chi connectivity index (χ1n) is 8.60. The largest absolute Gasteiger partial charge is 0.299 e. The number of hydrogen-bond donors (Lipinski definition) is 0. The van der Waals surface area contributed by atoms with E-state index in [1.807, 2.05) is 19.9 Å². The molecule has 0 aromatic carbocycles. The Morgan fingerprint density at radius 1 is 1.14 bits per heavy atom. The molecular weight excluding hydrogens is 272 g/mol. The van der Waals surface area contributed by atoms with Gasteiger partial charge in [0, 0.05) is 18.8 Å². The van der Waals surface area contributed by atoms with Crippen LogP contribution in [-0.4, -0.2) is 11.6 Å². The van der Waals surface area contributed by atoms with E-state index >= 15 is 0 Å². The fourth-order valence-electron chi connectivity index (χ4n) is 2.84. The minimum absolute atomic E-state index is 0.0485. The van der Waals surface area contributed by atoms with Gasteiger partial charge in [-0.25, -0.2) is 0 Å². The summed E-state index contributed by atoms with van der Waals surface area (Å²) in [6.07, 6.45) is 11.0. The van der Waals surface area contributed by atoms with E-state index in [0.717, 1.165) is 31.3 Å². The number of ketones is 2. The summed E-state index contributed by atoms with van der Waals surface area (Å²) in [6.45, 7) is 10.5. The molecule has 0 aromatic rings. The molecule has 0 fully saturated rings. The van der Waals surface area contributed by atoms with E-state index in [-0.39, 0.29) is 17.1 Å². The van der Waals surface area contributed by atoms with Gasteiger partial charge in [0.2, 0.25) is 0 Å². The summed E-state index contributed by atoms with van der Waals surface area (Å²) in [7, 11) is 0. The first-order valence-corrected chi connectivity index (χ1v) is 8.60. The van der Waals surface area contributed by atoms with Gasteiger partial charge in [0.25, 0.3) is 0 Å². The van der Waals surface area contributed by atoms with E-state index in [1.165, 1.54) is 0 Å². The van der Waals surface area contributed by atoms with Gasteiger partial charge in [-0.2, -0.15) is 0 Å². The summed E-state index contributed by atoms with van der Waals surface area (Å²) in [5.41, 5.74) is 1.10. The second-order valence-corrected chi connectivity index (χ2v) is 7.84. The Kier molecular flexibility index (Phi) is 7.25. The fourth-order valence-corrected chi connectivity index (χ4v) is 2.84. The maximum Gasteiger partial charge on any atom is 0.158 e. The van der Waals surface area contributed by atoms with Gasteiger partial charge in [-0.05, 0) is 37.2 Å². The van der Waals surface area contributed by atoms with Crippen molar-refractivity contribution in [3.05, 3.63) is 23.8 Å². The summed E-state index contributed by atoms with van der Waals surface area (Å²) in [4.78, 5) is 24.3. The molecule has 0 saturated heterocycles.